The molecule has 2 amide bonds. The number of anilines is 1. The third kappa shape index (κ3) is 3.73. The third-order valence-electron chi connectivity index (χ3n) is 4.52. The minimum absolute atomic E-state index is 0. The van der Waals surface area contributed by atoms with E-state index in [9.17, 15) is 24.3 Å². The van der Waals surface area contributed by atoms with Gasteiger partial charge in [-0.1, -0.05) is 18.2 Å². The summed E-state index contributed by atoms with van der Waals surface area (Å²) in [7, 11) is 0. The number of amides is 2. The number of carbonyl (C=O) groups excluding carboxylic acids is 3. The maximum absolute atomic E-state index is 12.7. The molecule has 27 heavy (non-hydrogen) atoms. The van der Waals surface area contributed by atoms with Crippen LogP contribution in [0.1, 0.15) is 20.3 Å². The normalized spacial score (nSPS) is 25.0. The first-order valence-electron chi connectivity index (χ1n) is 7.95. The molecule has 2 saturated heterocycles. The van der Waals surface area contributed by atoms with Crippen molar-refractivity contribution in [3.8, 4) is 0 Å². The predicted molar refractivity (Wildman–Crippen MR) is 91.1 cm³/mol. The number of nitrogens with zero attached hydrogens (tertiary/aromatic N) is 2. The summed E-state index contributed by atoms with van der Waals surface area (Å²) in [5.74, 6) is -3.90. The Morgan fingerprint density at radius 2 is 1.85 bits per heavy atom. The van der Waals surface area contributed by atoms with Crippen LogP contribution in [0.25, 0.3) is 0 Å². The summed E-state index contributed by atoms with van der Waals surface area (Å²) in [5.41, 5.74) is 0.395. The van der Waals surface area contributed by atoms with E-state index in [1.807, 2.05) is 0 Å². The number of rotatable bonds is 5. The molecule has 10 heteroatoms. The van der Waals surface area contributed by atoms with Gasteiger partial charge in [0.1, 0.15) is 17.8 Å². The standard InChI is InChI=1S/C17H18N2O6S.Na/c1-17(2)13(16(24)25)19-14(23)12(15(19)26-17)18(10(20)8-11(21)22)9-6-4-3-5-7-9;/h3-7,12-13,15H,8H2,1-2H3,(H,21,22)(H,24,25);/q;+1/p-1/t12?,13?,15-;/m1./s1. The van der Waals surface area contributed by atoms with Gasteiger partial charge >= 0.3 is 35.5 Å². The molecule has 2 unspecified atom stereocenters. The van der Waals surface area contributed by atoms with Gasteiger partial charge in [0.2, 0.25) is 11.8 Å². The molecule has 0 aromatic heterocycles. The van der Waals surface area contributed by atoms with Crippen molar-refractivity contribution in [3.05, 3.63) is 30.3 Å². The van der Waals surface area contributed by atoms with E-state index in [0.717, 1.165) is 0 Å². The van der Waals surface area contributed by atoms with Crippen LogP contribution < -0.4 is 39.6 Å². The second-order valence-electron chi connectivity index (χ2n) is 6.69. The average molecular weight is 400 g/mol. The Labute approximate surface area is 182 Å². The zero-order valence-corrected chi connectivity index (χ0v) is 17.9. The Hall–Kier alpha value is -1.55. The number of carboxylic acid groups (broad SMARTS) is 2. The van der Waals surface area contributed by atoms with Crippen LogP contribution in [0.3, 0.4) is 0 Å². The van der Waals surface area contributed by atoms with Crippen molar-refractivity contribution in [1.29, 1.82) is 0 Å². The molecule has 0 radical (unpaired) electrons. The summed E-state index contributed by atoms with van der Waals surface area (Å²) in [6.45, 7) is 3.40. The fraction of sp³-hybridized carbons (Fsp3) is 0.412. The second-order valence-corrected chi connectivity index (χ2v) is 8.46. The molecule has 3 rings (SSSR count). The first-order valence-corrected chi connectivity index (χ1v) is 8.83. The van der Waals surface area contributed by atoms with Crippen molar-refractivity contribution in [3.63, 3.8) is 0 Å². The van der Waals surface area contributed by atoms with Crippen LogP contribution in [0.2, 0.25) is 0 Å². The first kappa shape index (κ1) is 21.7. The number of fused-ring (bicyclic) bond motifs is 1. The topological polar surface area (TPSA) is 118 Å². The van der Waals surface area contributed by atoms with E-state index in [4.69, 9.17) is 5.11 Å². The van der Waals surface area contributed by atoms with E-state index < -0.39 is 52.4 Å². The molecule has 1 aromatic rings. The summed E-state index contributed by atoms with van der Waals surface area (Å²) >= 11 is 1.27. The molecule has 2 aliphatic rings. The van der Waals surface area contributed by atoms with Gasteiger partial charge in [-0.25, -0.2) is 0 Å². The van der Waals surface area contributed by atoms with E-state index in [-0.39, 0.29) is 29.6 Å². The Morgan fingerprint density at radius 1 is 1.26 bits per heavy atom. The summed E-state index contributed by atoms with van der Waals surface area (Å²) in [6.07, 6.45) is -0.761. The van der Waals surface area contributed by atoms with Crippen LogP contribution in [0.5, 0.6) is 0 Å². The zero-order chi connectivity index (χ0) is 19.2. The largest absolute Gasteiger partial charge is 1.00 e. The van der Waals surface area contributed by atoms with Crippen LogP contribution in [-0.4, -0.2) is 56.0 Å². The van der Waals surface area contributed by atoms with Gasteiger partial charge in [0, 0.05) is 10.4 Å². The molecule has 1 N–H and O–H groups in total. The molecular weight excluding hydrogens is 383 g/mol. The fourth-order valence-corrected chi connectivity index (χ4v) is 5.14. The second kappa shape index (κ2) is 7.83. The SMILES string of the molecule is CC1(C)S[C@@H]2C(N(C(=O)CC(=O)O)c3ccccc3)C(=O)N2C1C(=O)[O-].[Na+]. The van der Waals surface area contributed by atoms with Crippen molar-refractivity contribution >= 4 is 41.2 Å². The molecule has 8 nitrogen and oxygen atoms in total. The van der Waals surface area contributed by atoms with E-state index >= 15 is 0 Å². The Kier molecular flexibility index (Phi) is 6.30. The van der Waals surface area contributed by atoms with E-state index in [0.29, 0.717) is 5.69 Å². The van der Waals surface area contributed by atoms with Crippen molar-refractivity contribution in [2.75, 3.05) is 4.90 Å². The molecule has 0 bridgehead atoms. The molecule has 1 aromatic carbocycles. The maximum Gasteiger partial charge on any atom is 1.00 e. The molecular formula is C17H17N2NaO6S. The molecule has 2 fully saturated rings. The number of para-hydroxylation sites is 1. The number of hydrogen-bond acceptors (Lipinski definition) is 6. The number of β-lactam (4-membered cyclic amide) rings is 1. The number of carbonyl (C=O) groups is 4. The average Bonchev–Trinajstić information content (AvgIpc) is 2.80. The summed E-state index contributed by atoms with van der Waals surface area (Å²) in [4.78, 5) is 50.1. The number of hydrogen-bond donors (Lipinski definition) is 1. The fourth-order valence-electron chi connectivity index (χ4n) is 3.47. The quantitative estimate of drug-likeness (QED) is 0.312. The molecule has 0 saturated carbocycles. The van der Waals surface area contributed by atoms with Gasteiger partial charge in [0.15, 0.2) is 0 Å². The number of aliphatic carboxylic acids is 2. The Bertz CT molecular complexity index is 787. The Balaban J connectivity index is 0.00000261. The minimum atomic E-state index is -1.35. The van der Waals surface area contributed by atoms with Crippen LogP contribution in [-0.2, 0) is 19.2 Å². The van der Waals surface area contributed by atoms with Gasteiger partial charge in [-0.3, -0.25) is 19.3 Å². The van der Waals surface area contributed by atoms with Gasteiger partial charge in [-0.05, 0) is 26.0 Å². The zero-order valence-electron chi connectivity index (χ0n) is 15.1. The molecule has 0 spiro atoms. The molecule has 2 heterocycles. The van der Waals surface area contributed by atoms with Gasteiger partial charge in [-0.2, -0.15) is 0 Å². The summed E-state index contributed by atoms with van der Waals surface area (Å²) in [6, 6.07) is 6.25. The third-order valence-corrected chi connectivity index (χ3v) is 6.08. The summed E-state index contributed by atoms with van der Waals surface area (Å²) in [5, 5.41) is 19.9. The Morgan fingerprint density at radius 3 is 2.37 bits per heavy atom. The number of benzene rings is 1. The first-order chi connectivity index (χ1) is 12.1. The van der Waals surface area contributed by atoms with Gasteiger partial charge in [0.25, 0.3) is 0 Å². The van der Waals surface area contributed by atoms with E-state index in [1.54, 1.807) is 44.2 Å². The van der Waals surface area contributed by atoms with Crippen molar-refractivity contribution < 1.29 is 58.9 Å². The van der Waals surface area contributed by atoms with E-state index in [2.05, 4.69) is 0 Å². The minimum Gasteiger partial charge on any atom is -0.548 e. The summed E-state index contributed by atoms with van der Waals surface area (Å²) < 4.78 is -0.786. The number of carboxylic acids is 2. The van der Waals surface area contributed by atoms with Crippen molar-refractivity contribution in [1.82, 2.24) is 4.90 Å². The van der Waals surface area contributed by atoms with Crippen molar-refractivity contribution in [2.45, 2.75) is 42.5 Å². The van der Waals surface area contributed by atoms with Gasteiger partial charge in [-0.15, -0.1) is 11.8 Å². The number of thioether (sulfide) groups is 1. The van der Waals surface area contributed by atoms with Gasteiger partial charge < -0.3 is 19.9 Å². The molecule has 3 atom stereocenters. The van der Waals surface area contributed by atoms with Crippen LogP contribution in [0.4, 0.5) is 5.69 Å². The predicted octanol–water partition coefficient (Wildman–Crippen LogP) is -3.32. The monoisotopic (exact) mass is 400 g/mol. The van der Waals surface area contributed by atoms with Crippen LogP contribution >= 0.6 is 11.8 Å². The molecule has 2 aliphatic heterocycles. The molecule has 138 valence electrons. The van der Waals surface area contributed by atoms with Crippen LogP contribution in [0, 0.1) is 0 Å². The van der Waals surface area contributed by atoms with E-state index in [1.165, 1.54) is 21.6 Å². The van der Waals surface area contributed by atoms with Crippen LogP contribution in [0.15, 0.2) is 30.3 Å². The van der Waals surface area contributed by atoms with Crippen molar-refractivity contribution in [2.24, 2.45) is 0 Å². The maximum atomic E-state index is 12.7. The van der Waals surface area contributed by atoms with Gasteiger partial charge in [0.05, 0.1) is 12.0 Å². The molecule has 0 aliphatic carbocycles. The smallest absolute Gasteiger partial charge is 0.548 e.